The van der Waals surface area contributed by atoms with Gasteiger partial charge in [-0.3, -0.25) is 9.48 Å². The topological polar surface area (TPSA) is 67.7 Å². The summed E-state index contributed by atoms with van der Waals surface area (Å²) in [4.78, 5) is 27.4. The maximum atomic E-state index is 12.5. The molecule has 110 valence electrons. The first-order valence-corrected chi connectivity index (χ1v) is 6.58. The molecule has 0 spiro atoms. The summed E-state index contributed by atoms with van der Waals surface area (Å²) in [6.07, 6.45) is -0.346. The zero-order chi connectivity index (χ0) is 14.9. The van der Waals surface area contributed by atoms with E-state index in [9.17, 15) is 9.59 Å². The zero-order valence-electron chi connectivity index (χ0n) is 12.3. The molecule has 2 amide bonds. The molecule has 20 heavy (non-hydrogen) atoms. The highest BCUT2D eigenvalue weighted by Gasteiger charge is 2.31. The number of aromatic nitrogens is 2. The van der Waals surface area contributed by atoms with Crippen LogP contribution in [-0.2, 0) is 11.8 Å². The molecule has 7 heteroatoms. The Labute approximate surface area is 118 Å². The summed E-state index contributed by atoms with van der Waals surface area (Å²) < 4.78 is 6.32. The Balaban J connectivity index is 2.07. The van der Waals surface area contributed by atoms with Gasteiger partial charge >= 0.3 is 6.09 Å². The van der Waals surface area contributed by atoms with Gasteiger partial charge in [-0.1, -0.05) is 0 Å². The minimum absolute atomic E-state index is 0.0514. The maximum Gasteiger partial charge on any atom is 0.409 e. The van der Waals surface area contributed by atoms with Crippen LogP contribution in [0.25, 0.3) is 0 Å². The van der Waals surface area contributed by atoms with Crippen molar-refractivity contribution in [3.8, 4) is 0 Å². The van der Waals surface area contributed by atoms with E-state index in [2.05, 4.69) is 5.10 Å². The molecule has 7 nitrogen and oxygen atoms in total. The number of amides is 2. The summed E-state index contributed by atoms with van der Waals surface area (Å²) in [6, 6.07) is 1.72. The highest BCUT2D eigenvalue weighted by Crippen LogP contribution is 2.14. The van der Waals surface area contributed by atoms with Crippen LogP contribution in [-0.4, -0.2) is 64.4 Å². The van der Waals surface area contributed by atoms with Crippen LogP contribution < -0.4 is 0 Å². The molecule has 1 saturated heterocycles. The molecule has 1 fully saturated rings. The Bertz CT molecular complexity index is 526. The van der Waals surface area contributed by atoms with Gasteiger partial charge in [0.1, 0.15) is 5.69 Å². The van der Waals surface area contributed by atoms with E-state index in [1.807, 2.05) is 13.8 Å². The average molecular weight is 280 g/mol. The van der Waals surface area contributed by atoms with Gasteiger partial charge in [0, 0.05) is 32.7 Å². The number of hydrogen-bond acceptors (Lipinski definition) is 4. The second kappa shape index (κ2) is 5.52. The Morgan fingerprint density at radius 1 is 1.40 bits per heavy atom. The molecule has 1 atom stereocenters. The Morgan fingerprint density at radius 2 is 2.10 bits per heavy atom. The van der Waals surface area contributed by atoms with Crippen LogP contribution in [0.1, 0.15) is 23.1 Å². The van der Waals surface area contributed by atoms with Crippen molar-refractivity contribution >= 4 is 12.0 Å². The number of carbonyl (C=O) groups is 2. The van der Waals surface area contributed by atoms with Crippen LogP contribution >= 0.6 is 0 Å². The smallest absolute Gasteiger partial charge is 0.409 e. The lowest BCUT2D eigenvalue weighted by molar-refractivity contribution is 0.0458. The van der Waals surface area contributed by atoms with Crippen molar-refractivity contribution in [1.82, 2.24) is 19.6 Å². The first kappa shape index (κ1) is 14.4. The van der Waals surface area contributed by atoms with E-state index in [-0.39, 0.29) is 18.0 Å². The fraction of sp³-hybridized carbons (Fsp3) is 0.615. The van der Waals surface area contributed by atoms with Gasteiger partial charge in [-0.2, -0.15) is 5.10 Å². The summed E-state index contributed by atoms with van der Waals surface area (Å²) >= 11 is 0. The van der Waals surface area contributed by atoms with Gasteiger partial charge in [0.15, 0.2) is 0 Å². The quantitative estimate of drug-likeness (QED) is 0.757. The van der Waals surface area contributed by atoms with E-state index >= 15 is 0 Å². The average Bonchev–Trinajstić information content (AvgIpc) is 2.76. The number of nitrogens with zero attached hydrogens (tertiary/aromatic N) is 4. The molecule has 1 aliphatic rings. The fourth-order valence-corrected chi connectivity index (χ4v) is 2.50. The summed E-state index contributed by atoms with van der Waals surface area (Å²) in [5, 5.41) is 4.19. The third kappa shape index (κ3) is 2.61. The van der Waals surface area contributed by atoms with E-state index in [1.165, 1.54) is 7.11 Å². The molecule has 0 saturated carbocycles. The van der Waals surface area contributed by atoms with Crippen molar-refractivity contribution in [2.24, 2.45) is 7.05 Å². The van der Waals surface area contributed by atoms with Crippen molar-refractivity contribution < 1.29 is 14.3 Å². The highest BCUT2D eigenvalue weighted by molar-refractivity contribution is 5.93. The number of hydrogen-bond donors (Lipinski definition) is 0. The second-order valence-corrected chi connectivity index (χ2v) is 5.06. The van der Waals surface area contributed by atoms with Crippen molar-refractivity contribution in [2.75, 3.05) is 26.7 Å². The van der Waals surface area contributed by atoms with E-state index in [1.54, 1.807) is 27.6 Å². The Morgan fingerprint density at radius 3 is 2.60 bits per heavy atom. The highest BCUT2D eigenvalue weighted by atomic mass is 16.5. The SMILES string of the molecule is COC(=O)N1CCN(C(=O)c2cc(C)nn2C)C[C@@H]1C. The largest absolute Gasteiger partial charge is 0.453 e. The van der Waals surface area contributed by atoms with Crippen LogP contribution in [0.5, 0.6) is 0 Å². The van der Waals surface area contributed by atoms with E-state index < -0.39 is 0 Å². The van der Waals surface area contributed by atoms with Crippen molar-refractivity contribution in [3.05, 3.63) is 17.5 Å². The number of piperazine rings is 1. The Hall–Kier alpha value is -2.05. The lowest BCUT2D eigenvalue weighted by Gasteiger charge is -2.38. The predicted molar refractivity (Wildman–Crippen MR) is 72.4 cm³/mol. The normalized spacial score (nSPS) is 19.1. The van der Waals surface area contributed by atoms with E-state index in [0.29, 0.717) is 25.3 Å². The van der Waals surface area contributed by atoms with E-state index in [4.69, 9.17) is 4.74 Å². The Kier molecular flexibility index (Phi) is 3.96. The number of aryl methyl sites for hydroxylation is 2. The number of carbonyl (C=O) groups excluding carboxylic acids is 2. The lowest BCUT2D eigenvalue weighted by Crippen LogP contribution is -2.55. The number of ether oxygens (including phenoxy) is 1. The second-order valence-electron chi connectivity index (χ2n) is 5.06. The minimum Gasteiger partial charge on any atom is -0.453 e. The summed E-state index contributed by atoms with van der Waals surface area (Å²) in [6.45, 7) is 5.25. The summed E-state index contributed by atoms with van der Waals surface area (Å²) in [5.41, 5.74) is 1.39. The third-order valence-electron chi connectivity index (χ3n) is 3.54. The van der Waals surface area contributed by atoms with Crippen molar-refractivity contribution in [3.63, 3.8) is 0 Å². The molecule has 0 radical (unpaired) electrons. The van der Waals surface area contributed by atoms with Crippen LogP contribution in [0.15, 0.2) is 6.07 Å². The van der Waals surface area contributed by atoms with Gasteiger partial charge in [-0.25, -0.2) is 4.79 Å². The lowest BCUT2D eigenvalue weighted by atomic mass is 10.2. The first-order chi connectivity index (χ1) is 9.43. The molecule has 0 aliphatic carbocycles. The van der Waals surface area contributed by atoms with E-state index in [0.717, 1.165) is 5.69 Å². The molecule has 1 aliphatic heterocycles. The maximum absolute atomic E-state index is 12.5. The van der Waals surface area contributed by atoms with Gasteiger partial charge in [0.05, 0.1) is 12.8 Å². The van der Waals surface area contributed by atoms with Gasteiger partial charge < -0.3 is 14.5 Å². The molecule has 2 heterocycles. The van der Waals surface area contributed by atoms with Gasteiger partial charge in [-0.15, -0.1) is 0 Å². The minimum atomic E-state index is -0.346. The molecular formula is C13H20N4O3. The molecule has 0 aromatic carbocycles. The summed E-state index contributed by atoms with van der Waals surface area (Å²) in [7, 11) is 3.12. The number of methoxy groups -OCH3 is 1. The molecule has 0 N–H and O–H groups in total. The standard InChI is InChI=1S/C13H20N4O3/c1-9-7-11(15(3)14-9)12(18)16-5-6-17(10(2)8-16)13(19)20-4/h7,10H,5-6,8H2,1-4H3/t10-/m0/s1. The van der Waals surface area contributed by atoms with Gasteiger partial charge in [0.25, 0.3) is 5.91 Å². The molecular weight excluding hydrogens is 260 g/mol. The van der Waals surface area contributed by atoms with Crippen LogP contribution in [0.4, 0.5) is 4.79 Å². The predicted octanol–water partition coefficient (Wildman–Crippen LogP) is 0.641. The number of rotatable bonds is 1. The van der Waals surface area contributed by atoms with Crippen molar-refractivity contribution in [2.45, 2.75) is 19.9 Å². The van der Waals surface area contributed by atoms with Crippen molar-refractivity contribution in [1.29, 1.82) is 0 Å². The molecule has 1 aromatic rings. The fourth-order valence-electron chi connectivity index (χ4n) is 2.50. The summed E-state index contributed by atoms with van der Waals surface area (Å²) in [5.74, 6) is -0.0514. The third-order valence-corrected chi connectivity index (χ3v) is 3.54. The molecule has 0 bridgehead atoms. The van der Waals surface area contributed by atoms with Crippen LogP contribution in [0.3, 0.4) is 0 Å². The monoisotopic (exact) mass is 280 g/mol. The molecule has 0 unspecified atom stereocenters. The molecule has 1 aromatic heterocycles. The molecule has 2 rings (SSSR count). The van der Waals surface area contributed by atoms with Crippen LogP contribution in [0.2, 0.25) is 0 Å². The van der Waals surface area contributed by atoms with Crippen LogP contribution in [0, 0.1) is 6.92 Å². The zero-order valence-corrected chi connectivity index (χ0v) is 12.3. The first-order valence-electron chi connectivity index (χ1n) is 6.58. The van der Waals surface area contributed by atoms with Gasteiger partial charge in [-0.05, 0) is 19.9 Å². The van der Waals surface area contributed by atoms with Gasteiger partial charge in [0.2, 0.25) is 0 Å².